The fourth-order valence-electron chi connectivity index (χ4n) is 20.4. The molecule has 20 rings (SSSR count). The lowest BCUT2D eigenvalue weighted by Gasteiger charge is -2.42. The van der Waals surface area contributed by atoms with Crippen molar-refractivity contribution in [3.8, 4) is 34.2 Å². The zero-order valence-corrected chi connectivity index (χ0v) is 79.9. The van der Waals surface area contributed by atoms with E-state index in [1.165, 1.54) is 150 Å². The molecule has 4 aliphatic heterocycles. The summed E-state index contributed by atoms with van der Waals surface area (Å²) in [6, 6.07) is 108. The van der Waals surface area contributed by atoms with Crippen molar-refractivity contribution in [3.05, 3.63) is 346 Å². The lowest BCUT2D eigenvalue weighted by atomic mass is 9.33. The average Bonchev–Trinajstić information content (AvgIpc) is 1.38. The highest BCUT2D eigenvalue weighted by molar-refractivity contribution is 7.01. The third kappa shape index (κ3) is 14.6. The van der Waals surface area contributed by atoms with E-state index in [2.05, 4.69) is 487 Å². The Morgan fingerprint density at radius 3 is 0.828 bits per heavy atom. The molecule has 14 aromatic carbocycles. The van der Waals surface area contributed by atoms with Gasteiger partial charge in [-0.05, 0) is 281 Å². The second-order valence-corrected chi connectivity index (χ2v) is 43.9. The molecule has 0 atom stereocenters. The predicted octanol–water partition coefficient (Wildman–Crippen LogP) is 27.9. The molecule has 0 radical (unpaired) electrons. The van der Waals surface area contributed by atoms with E-state index in [4.69, 9.17) is 9.97 Å². The van der Waals surface area contributed by atoms with Crippen LogP contribution in [0, 0.1) is 27.7 Å². The largest absolute Gasteiger partial charge is 0.311 e. The van der Waals surface area contributed by atoms with Crippen LogP contribution in [-0.2, 0) is 37.9 Å². The number of anilines is 12. The maximum absolute atomic E-state index is 5.81. The number of para-hydroxylation sites is 4. The van der Waals surface area contributed by atoms with Crippen molar-refractivity contribution in [2.45, 2.75) is 211 Å². The molecule has 16 aromatic rings. The summed E-state index contributed by atoms with van der Waals surface area (Å²) in [6.45, 7) is 57.7. The number of rotatable bonds is 10. The topological polar surface area (TPSA) is 48.6 Å². The number of fused-ring (bicyclic) bond motifs is 8. The Morgan fingerprint density at radius 1 is 0.234 bits per heavy atom. The number of hydrogen-bond donors (Lipinski definition) is 0. The minimum Gasteiger partial charge on any atom is -0.311 e. The molecule has 640 valence electrons. The lowest BCUT2D eigenvalue weighted by molar-refractivity contribution is 0.589. The van der Waals surface area contributed by atoms with Crippen LogP contribution in [0.5, 0.6) is 0 Å². The van der Waals surface area contributed by atoms with Crippen molar-refractivity contribution in [1.29, 1.82) is 0 Å². The van der Waals surface area contributed by atoms with Crippen LogP contribution in [0.15, 0.2) is 285 Å². The van der Waals surface area contributed by atoms with Gasteiger partial charge >= 0.3 is 0 Å². The van der Waals surface area contributed by atoms with E-state index in [9.17, 15) is 0 Å². The van der Waals surface area contributed by atoms with Crippen molar-refractivity contribution >= 4 is 137 Å². The van der Waals surface area contributed by atoms with Gasteiger partial charge in [0.05, 0.1) is 33.4 Å². The van der Waals surface area contributed by atoms with Crippen LogP contribution in [-0.4, -0.2) is 32.5 Å². The highest BCUT2D eigenvalue weighted by Crippen LogP contribution is 2.51. The molecule has 0 unspecified atom stereocenters. The van der Waals surface area contributed by atoms with Gasteiger partial charge in [-0.25, -0.2) is 9.97 Å². The molecule has 4 aliphatic rings. The SMILES string of the molecule is Cc1cc(C(C)(C)C)cc(C)c1-c1nc2cc(C(C)(C)C)cc3c2n1-c1cc(N(c2ccccc2)c2ccccc2)cc2c1B3c1cc(C(C)(C)C)ccc1N2c1ccc(C(C)(C)C)cc1.Cc1cccc(C)c1-c1nc2cc(C(C)(C)C)cc3c2n1-c1cc(N(c2ccccc2)c2ccccc2)cc2c1B3c1cc(C(C)(C)C)ccc1N2c1ccc(C(C)(C)C)cc1. The Morgan fingerprint density at radius 2 is 0.516 bits per heavy atom. The number of nitrogens with zero attached hydrogens (tertiary/aromatic N) is 8. The Hall–Kier alpha value is -12.7. The van der Waals surface area contributed by atoms with Gasteiger partial charge in [0.15, 0.2) is 0 Å². The molecule has 8 nitrogen and oxygen atoms in total. The van der Waals surface area contributed by atoms with Gasteiger partial charge in [0.25, 0.3) is 13.4 Å². The Bertz CT molecular complexity index is 6950. The maximum atomic E-state index is 5.81. The second-order valence-electron chi connectivity index (χ2n) is 43.9. The first-order valence-electron chi connectivity index (χ1n) is 46.2. The number of hydrogen-bond acceptors (Lipinski definition) is 6. The summed E-state index contributed by atoms with van der Waals surface area (Å²) >= 11 is 0. The van der Waals surface area contributed by atoms with E-state index in [0.29, 0.717) is 0 Å². The van der Waals surface area contributed by atoms with E-state index >= 15 is 0 Å². The summed E-state index contributed by atoms with van der Waals surface area (Å²) in [4.78, 5) is 21.5. The zero-order valence-electron chi connectivity index (χ0n) is 79.9. The molecule has 0 N–H and O–H groups in total. The van der Waals surface area contributed by atoms with E-state index in [-0.39, 0.29) is 51.3 Å². The van der Waals surface area contributed by atoms with Crippen molar-refractivity contribution in [1.82, 2.24) is 19.1 Å². The van der Waals surface area contributed by atoms with Gasteiger partial charge in [-0.3, -0.25) is 9.13 Å². The zero-order chi connectivity index (χ0) is 90.3. The van der Waals surface area contributed by atoms with Gasteiger partial charge in [-0.2, -0.15) is 0 Å². The fraction of sp³-hybridized carbons (Fsp3) is 0.271. The summed E-state index contributed by atoms with van der Waals surface area (Å²) in [7, 11) is 0. The van der Waals surface area contributed by atoms with Gasteiger partial charge in [0, 0.05) is 79.4 Å². The van der Waals surface area contributed by atoms with Gasteiger partial charge in [0.2, 0.25) is 0 Å². The molecule has 6 heterocycles. The van der Waals surface area contributed by atoms with Gasteiger partial charge in [-0.1, -0.05) is 309 Å². The standard InChI is InChI=1S/C61H65BN4.C57H57BN4/c1-38-31-42(60(9,10)11)32-39(2)54(38)57-63-50-35-43(61(12,13)14)34-49-56(50)66(57)53-37-47(64(44-21-17-15-18-22-44)45-23-19-16-20-24-45)36-52-55(53)62(49)48-33-41(59(6,7)8)27-30-51(48)65(52)46-28-25-40(26-29-46)58(3,4)5;1-36-19-18-20-37(2)51(36)54-59-47-33-40(57(9,10)11)32-46-53(47)62(54)50-35-44(60(41-21-14-12-15-22-41)42-23-16-13-17-24-42)34-49-52(50)58(46)45-31-39(56(6,7)8)27-30-48(45)61(49)43-28-25-38(26-29-43)55(3,4)5/h15-37H,1-14H3;12-35H,1-11H3. The first kappa shape index (κ1) is 84.8. The number of aromatic nitrogens is 4. The van der Waals surface area contributed by atoms with Gasteiger partial charge < -0.3 is 19.6 Å². The molecule has 0 aliphatic carbocycles. The molecule has 0 bridgehead atoms. The number of imidazole rings is 2. The first-order chi connectivity index (χ1) is 60.6. The predicted molar refractivity (Wildman–Crippen MR) is 551 cm³/mol. The van der Waals surface area contributed by atoms with E-state index in [0.717, 1.165) is 68.2 Å². The summed E-state index contributed by atoms with van der Waals surface area (Å²) in [5.74, 6) is 1.98. The molecule has 0 spiro atoms. The number of aryl methyl sites for hydroxylation is 4. The van der Waals surface area contributed by atoms with Crippen LogP contribution in [0.4, 0.5) is 68.2 Å². The van der Waals surface area contributed by atoms with Crippen LogP contribution in [0.1, 0.15) is 207 Å². The second kappa shape index (κ2) is 30.5. The van der Waals surface area contributed by atoms with Crippen LogP contribution in [0.2, 0.25) is 0 Å². The van der Waals surface area contributed by atoms with Crippen LogP contribution < -0.4 is 52.4 Å². The van der Waals surface area contributed by atoms with Crippen LogP contribution in [0.25, 0.3) is 56.2 Å². The van der Waals surface area contributed by atoms with Crippen LogP contribution >= 0.6 is 0 Å². The fourth-order valence-corrected chi connectivity index (χ4v) is 20.4. The molecule has 128 heavy (non-hydrogen) atoms. The monoisotopic (exact) mass is 1670 g/mol. The smallest absolute Gasteiger partial charge is 0.252 e. The molecule has 10 heteroatoms. The minimum absolute atomic E-state index is 0.0151. The normalized spacial score (nSPS) is 13.4. The Balaban J connectivity index is 0.000000167. The Labute approximate surface area is 761 Å². The first-order valence-corrected chi connectivity index (χ1v) is 46.2. The van der Waals surface area contributed by atoms with E-state index < -0.39 is 0 Å². The summed E-state index contributed by atoms with van der Waals surface area (Å²) in [5.41, 5.74) is 44.7. The van der Waals surface area contributed by atoms with Gasteiger partial charge in [0.1, 0.15) is 11.6 Å². The molecule has 0 saturated carbocycles. The summed E-state index contributed by atoms with van der Waals surface area (Å²) in [6.07, 6.45) is 0. The molecule has 2 aromatic heterocycles. The average molecular weight is 1670 g/mol. The highest BCUT2D eigenvalue weighted by Gasteiger charge is 2.48. The summed E-state index contributed by atoms with van der Waals surface area (Å²) < 4.78 is 5.08. The van der Waals surface area contributed by atoms with Gasteiger partial charge in [-0.15, -0.1) is 0 Å². The van der Waals surface area contributed by atoms with Crippen molar-refractivity contribution < 1.29 is 0 Å². The third-order valence-corrected chi connectivity index (χ3v) is 27.5. The quantitative estimate of drug-likeness (QED) is 0.127. The third-order valence-electron chi connectivity index (χ3n) is 27.5. The molecule has 0 saturated heterocycles. The molecule has 0 fully saturated rings. The summed E-state index contributed by atoms with van der Waals surface area (Å²) in [5, 5.41) is 0. The minimum atomic E-state index is -0.0980. The molecule has 0 amide bonds. The Kier molecular flexibility index (Phi) is 20.2. The highest BCUT2D eigenvalue weighted by atomic mass is 15.2. The van der Waals surface area contributed by atoms with Crippen molar-refractivity contribution in [3.63, 3.8) is 0 Å². The maximum Gasteiger partial charge on any atom is 0.252 e. The van der Waals surface area contributed by atoms with E-state index in [1.54, 1.807) is 0 Å². The molecular formula is C118H122B2N8. The lowest BCUT2D eigenvalue weighted by Crippen LogP contribution is -2.61. The van der Waals surface area contributed by atoms with Crippen LogP contribution in [0.3, 0.4) is 0 Å². The van der Waals surface area contributed by atoms with Crippen molar-refractivity contribution in [2.24, 2.45) is 0 Å². The van der Waals surface area contributed by atoms with E-state index in [1.807, 2.05) is 0 Å². The molecular weight excluding hydrogens is 1550 g/mol. The number of benzene rings is 14. The van der Waals surface area contributed by atoms with Crippen molar-refractivity contribution in [2.75, 3.05) is 19.6 Å².